The van der Waals surface area contributed by atoms with Crippen molar-refractivity contribution < 1.29 is 0 Å². The maximum absolute atomic E-state index is 6.21. The average molecular weight is 332 g/mol. The Labute approximate surface area is 108 Å². The summed E-state index contributed by atoms with van der Waals surface area (Å²) in [5.74, 6) is 0. The summed E-state index contributed by atoms with van der Waals surface area (Å²) >= 11 is 8.51. The third-order valence-corrected chi connectivity index (χ3v) is 3.41. The third-order valence-electron chi connectivity index (χ3n) is 2.42. The summed E-state index contributed by atoms with van der Waals surface area (Å²) in [7, 11) is 0. The summed E-state index contributed by atoms with van der Waals surface area (Å²) in [6, 6.07) is 10.3. The van der Waals surface area contributed by atoms with Crippen LogP contribution in [0.4, 0.5) is 0 Å². The van der Waals surface area contributed by atoms with Crippen LogP contribution >= 0.6 is 34.2 Å². The molecule has 0 N–H and O–H groups in total. The van der Waals surface area contributed by atoms with Gasteiger partial charge in [-0.3, -0.25) is 0 Å². The number of aromatic nitrogens is 1. The van der Waals surface area contributed by atoms with Crippen LogP contribution in [0.3, 0.4) is 0 Å². The van der Waals surface area contributed by atoms with E-state index in [9.17, 15) is 0 Å². The largest absolute Gasteiger partial charge is 0.317 e. The van der Waals surface area contributed by atoms with E-state index in [1.54, 1.807) is 0 Å². The minimum atomic E-state index is 0.790. The Morgan fingerprint density at radius 2 is 1.67 bits per heavy atom. The monoisotopic (exact) mass is 331 g/mol. The Hall–Kier alpha value is -0.480. The highest BCUT2D eigenvalue weighted by atomic mass is 127. The highest BCUT2D eigenvalue weighted by Crippen LogP contribution is 2.25. The zero-order chi connectivity index (χ0) is 11.0. The number of benzene rings is 1. The summed E-state index contributed by atoms with van der Waals surface area (Å²) in [5.41, 5.74) is 3.47. The van der Waals surface area contributed by atoms with Crippen molar-refractivity contribution in [1.29, 1.82) is 0 Å². The van der Waals surface area contributed by atoms with Crippen molar-refractivity contribution >= 4 is 34.2 Å². The predicted molar refractivity (Wildman–Crippen MR) is 73.0 cm³/mol. The molecular weight excluding hydrogens is 320 g/mol. The van der Waals surface area contributed by atoms with Crippen molar-refractivity contribution in [3.05, 3.63) is 50.3 Å². The van der Waals surface area contributed by atoms with Gasteiger partial charge < -0.3 is 4.57 Å². The Balaban J connectivity index is 2.68. The van der Waals surface area contributed by atoms with Gasteiger partial charge in [-0.25, -0.2) is 0 Å². The van der Waals surface area contributed by atoms with Crippen molar-refractivity contribution in [1.82, 2.24) is 4.57 Å². The molecule has 15 heavy (non-hydrogen) atoms. The molecule has 0 saturated carbocycles. The number of rotatable bonds is 1. The molecule has 2 aromatic rings. The van der Waals surface area contributed by atoms with Crippen LogP contribution in [0.25, 0.3) is 5.69 Å². The molecule has 0 saturated heterocycles. The maximum Gasteiger partial charge on any atom is 0.0651 e. The molecule has 1 heterocycles. The van der Waals surface area contributed by atoms with Gasteiger partial charge in [0.25, 0.3) is 0 Å². The standard InChI is InChI=1S/C12H11ClIN/c1-8-3-4-9(2)15(8)12-7-10(14)5-6-11(12)13/h3-7H,1-2H3. The molecule has 1 nitrogen and oxygen atoms in total. The van der Waals surface area contributed by atoms with Gasteiger partial charge in [0, 0.05) is 15.0 Å². The lowest BCUT2D eigenvalue weighted by Gasteiger charge is -2.11. The lowest BCUT2D eigenvalue weighted by molar-refractivity contribution is 0.965. The molecule has 0 bridgehead atoms. The fourth-order valence-corrected chi connectivity index (χ4v) is 2.38. The van der Waals surface area contributed by atoms with Crippen LogP contribution < -0.4 is 0 Å². The normalized spacial score (nSPS) is 10.7. The summed E-state index contributed by atoms with van der Waals surface area (Å²) in [4.78, 5) is 0. The summed E-state index contributed by atoms with van der Waals surface area (Å²) in [6.07, 6.45) is 0. The van der Waals surface area contributed by atoms with Gasteiger partial charge in [0.1, 0.15) is 0 Å². The summed E-state index contributed by atoms with van der Waals surface area (Å²) in [5, 5.41) is 0.790. The van der Waals surface area contributed by atoms with Gasteiger partial charge in [-0.2, -0.15) is 0 Å². The van der Waals surface area contributed by atoms with Gasteiger partial charge in [0.15, 0.2) is 0 Å². The molecule has 0 unspecified atom stereocenters. The molecule has 78 valence electrons. The first-order chi connectivity index (χ1) is 7.09. The molecule has 0 aliphatic heterocycles. The van der Waals surface area contributed by atoms with Crippen LogP contribution in [0.2, 0.25) is 5.02 Å². The highest BCUT2D eigenvalue weighted by molar-refractivity contribution is 14.1. The third kappa shape index (κ3) is 2.06. The molecule has 0 radical (unpaired) electrons. The second-order valence-electron chi connectivity index (χ2n) is 3.55. The van der Waals surface area contributed by atoms with Gasteiger partial charge in [0.2, 0.25) is 0 Å². The van der Waals surface area contributed by atoms with Crippen LogP contribution in [0.5, 0.6) is 0 Å². The minimum Gasteiger partial charge on any atom is -0.317 e. The van der Waals surface area contributed by atoms with Crippen LogP contribution in [0, 0.1) is 17.4 Å². The zero-order valence-electron chi connectivity index (χ0n) is 8.59. The van der Waals surface area contributed by atoms with Crippen LogP contribution in [-0.4, -0.2) is 4.57 Å². The van der Waals surface area contributed by atoms with Gasteiger partial charge in [-0.15, -0.1) is 0 Å². The van der Waals surface area contributed by atoms with E-state index in [1.807, 2.05) is 12.1 Å². The van der Waals surface area contributed by atoms with E-state index >= 15 is 0 Å². The summed E-state index contributed by atoms with van der Waals surface area (Å²) in [6.45, 7) is 4.17. The smallest absolute Gasteiger partial charge is 0.0651 e. The maximum atomic E-state index is 6.21. The highest BCUT2D eigenvalue weighted by Gasteiger charge is 2.07. The zero-order valence-corrected chi connectivity index (χ0v) is 11.5. The average Bonchev–Trinajstić information content (AvgIpc) is 2.51. The van der Waals surface area contributed by atoms with Crippen molar-refractivity contribution in [2.24, 2.45) is 0 Å². The quantitative estimate of drug-likeness (QED) is 0.685. The van der Waals surface area contributed by atoms with Crippen molar-refractivity contribution in [3.8, 4) is 5.69 Å². The Morgan fingerprint density at radius 1 is 1.07 bits per heavy atom. The van der Waals surface area contributed by atoms with Crippen molar-refractivity contribution in [2.75, 3.05) is 0 Å². The molecule has 0 amide bonds. The predicted octanol–water partition coefficient (Wildman–Crippen LogP) is 4.35. The summed E-state index contributed by atoms with van der Waals surface area (Å²) < 4.78 is 3.37. The molecular formula is C12H11ClIN. The molecule has 0 spiro atoms. The van der Waals surface area contributed by atoms with E-state index < -0.39 is 0 Å². The fourth-order valence-electron chi connectivity index (χ4n) is 1.71. The van der Waals surface area contributed by atoms with Gasteiger partial charge >= 0.3 is 0 Å². The minimum absolute atomic E-state index is 0.790. The first kappa shape index (κ1) is 11.0. The second-order valence-corrected chi connectivity index (χ2v) is 5.20. The number of aryl methyl sites for hydroxylation is 2. The first-order valence-corrected chi connectivity index (χ1v) is 6.15. The Kier molecular flexibility index (Phi) is 3.07. The number of hydrogen-bond donors (Lipinski definition) is 0. The van der Waals surface area contributed by atoms with Gasteiger partial charge in [0.05, 0.1) is 10.7 Å². The number of halogens is 2. The molecule has 0 fully saturated rings. The van der Waals surface area contributed by atoms with E-state index in [0.717, 1.165) is 10.7 Å². The van der Waals surface area contributed by atoms with Crippen molar-refractivity contribution in [3.63, 3.8) is 0 Å². The molecule has 2 rings (SSSR count). The van der Waals surface area contributed by atoms with E-state index in [-0.39, 0.29) is 0 Å². The fraction of sp³-hybridized carbons (Fsp3) is 0.167. The molecule has 0 aliphatic rings. The van der Waals surface area contributed by atoms with Crippen molar-refractivity contribution in [2.45, 2.75) is 13.8 Å². The topological polar surface area (TPSA) is 4.93 Å². The van der Waals surface area contributed by atoms with Crippen LogP contribution in [0.1, 0.15) is 11.4 Å². The lowest BCUT2D eigenvalue weighted by atomic mass is 10.3. The Morgan fingerprint density at radius 3 is 2.27 bits per heavy atom. The lowest BCUT2D eigenvalue weighted by Crippen LogP contribution is -1.99. The van der Waals surface area contributed by atoms with Crippen LogP contribution in [0.15, 0.2) is 30.3 Å². The Bertz CT molecular complexity index is 483. The SMILES string of the molecule is Cc1ccc(C)n1-c1cc(I)ccc1Cl. The van der Waals surface area contributed by atoms with Gasteiger partial charge in [-0.1, -0.05) is 11.6 Å². The number of nitrogens with zero attached hydrogens (tertiary/aromatic N) is 1. The molecule has 3 heteroatoms. The van der Waals surface area contributed by atoms with E-state index in [4.69, 9.17) is 11.6 Å². The van der Waals surface area contributed by atoms with Gasteiger partial charge in [-0.05, 0) is 66.8 Å². The molecule has 0 aliphatic carbocycles. The second kappa shape index (κ2) is 4.18. The van der Waals surface area contributed by atoms with E-state index in [2.05, 4.69) is 59.2 Å². The first-order valence-electron chi connectivity index (χ1n) is 4.70. The van der Waals surface area contributed by atoms with E-state index in [0.29, 0.717) is 0 Å². The molecule has 1 aromatic carbocycles. The molecule has 0 atom stereocenters. The van der Waals surface area contributed by atoms with E-state index in [1.165, 1.54) is 15.0 Å². The molecule has 1 aromatic heterocycles. The number of hydrogen-bond acceptors (Lipinski definition) is 0. The van der Waals surface area contributed by atoms with Crippen LogP contribution in [-0.2, 0) is 0 Å².